The van der Waals surface area contributed by atoms with Crippen LogP contribution in [0.4, 0.5) is 14.5 Å². The average Bonchev–Trinajstić information content (AvgIpc) is 2.45. The van der Waals surface area contributed by atoms with Crippen molar-refractivity contribution in [2.45, 2.75) is 37.8 Å². The monoisotopic (exact) mass is 298 g/mol. The van der Waals surface area contributed by atoms with Gasteiger partial charge in [0.25, 0.3) is 0 Å². The van der Waals surface area contributed by atoms with E-state index in [1.807, 2.05) is 5.32 Å². The van der Waals surface area contributed by atoms with Gasteiger partial charge in [-0.1, -0.05) is 12.8 Å². The van der Waals surface area contributed by atoms with E-state index in [0.717, 1.165) is 31.0 Å². The van der Waals surface area contributed by atoms with E-state index in [-0.39, 0.29) is 0 Å². The van der Waals surface area contributed by atoms with Crippen LogP contribution in [-0.2, 0) is 9.59 Å². The number of rotatable bonds is 2. The maximum absolute atomic E-state index is 13.4. The summed E-state index contributed by atoms with van der Waals surface area (Å²) in [6.07, 6.45) is 2.16. The first-order chi connectivity index (χ1) is 9.97. The number of carbonyl (C=O) groups is 2. The second kappa shape index (κ2) is 6.62. The van der Waals surface area contributed by atoms with E-state index < -0.39 is 41.3 Å². The van der Waals surface area contributed by atoms with Crippen LogP contribution >= 0.6 is 0 Å². The first-order valence-corrected chi connectivity index (χ1v) is 6.72. The third-order valence-corrected chi connectivity index (χ3v) is 3.43. The van der Waals surface area contributed by atoms with E-state index in [2.05, 4.69) is 5.32 Å². The van der Waals surface area contributed by atoms with Gasteiger partial charge in [-0.3, -0.25) is 9.59 Å². The van der Waals surface area contributed by atoms with Crippen molar-refractivity contribution >= 4 is 17.5 Å². The van der Waals surface area contributed by atoms with Crippen molar-refractivity contribution in [1.29, 1.82) is 0 Å². The van der Waals surface area contributed by atoms with Crippen molar-refractivity contribution in [3.8, 4) is 0 Å². The highest BCUT2D eigenvalue weighted by atomic mass is 19.1. The van der Waals surface area contributed by atoms with Crippen LogP contribution in [-0.4, -0.2) is 29.1 Å². The Balaban J connectivity index is 1.96. The van der Waals surface area contributed by atoms with Gasteiger partial charge in [-0.15, -0.1) is 0 Å². The number of halogens is 2. The Labute approximate surface area is 120 Å². The molecule has 0 spiro atoms. The molecule has 1 aliphatic rings. The number of hydrogen-bond acceptors (Lipinski definition) is 3. The normalized spacial score (nSPS) is 21.7. The first kappa shape index (κ1) is 15.4. The van der Waals surface area contributed by atoms with Gasteiger partial charge in [0.15, 0.2) is 0 Å². The van der Waals surface area contributed by atoms with Gasteiger partial charge >= 0.3 is 11.8 Å². The van der Waals surface area contributed by atoms with Crippen LogP contribution in [0.25, 0.3) is 0 Å². The van der Waals surface area contributed by atoms with Gasteiger partial charge in [0.2, 0.25) is 0 Å². The lowest BCUT2D eigenvalue weighted by Gasteiger charge is -2.27. The molecule has 0 bridgehead atoms. The Hall–Kier alpha value is -2.02. The second-order valence-corrected chi connectivity index (χ2v) is 5.01. The fraction of sp³-hybridized carbons (Fsp3) is 0.429. The van der Waals surface area contributed by atoms with Gasteiger partial charge in [-0.2, -0.15) is 0 Å². The number of hydrogen-bond donors (Lipinski definition) is 3. The second-order valence-electron chi connectivity index (χ2n) is 5.01. The average molecular weight is 298 g/mol. The molecule has 1 fully saturated rings. The summed E-state index contributed by atoms with van der Waals surface area (Å²) in [5, 5.41) is 14.1. The Morgan fingerprint density at radius 3 is 2.57 bits per heavy atom. The molecule has 0 heterocycles. The van der Waals surface area contributed by atoms with Gasteiger partial charge in [0.05, 0.1) is 17.8 Å². The van der Waals surface area contributed by atoms with E-state index >= 15 is 0 Å². The number of aliphatic hydroxyl groups is 1. The smallest absolute Gasteiger partial charge is 0.313 e. The Bertz CT molecular complexity index is 551. The zero-order valence-electron chi connectivity index (χ0n) is 11.2. The predicted octanol–water partition coefficient (Wildman–Crippen LogP) is 1.32. The molecule has 7 heteroatoms. The van der Waals surface area contributed by atoms with E-state index in [9.17, 15) is 23.5 Å². The highest BCUT2D eigenvalue weighted by molar-refractivity contribution is 6.39. The zero-order chi connectivity index (χ0) is 15.4. The number of anilines is 1. The molecule has 1 saturated carbocycles. The van der Waals surface area contributed by atoms with E-state index in [1.54, 1.807) is 0 Å². The maximum atomic E-state index is 13.4. The molecule has 2 atom stereocenters. The van der Waals surface area contributed by atoms with Crippen LogP contribution in [0.1, 0.15) is 25.7 Å². The van der Waals surface area contributed by atoms with Crippen LogP contribution in [0.5, 0.6) is 0 Å². The summed E-state index contributed by atoms with van der Waals surface area (Å²) >= 11 is 0. The molecule has 2 amide bonds. The Morgan fingerprint density at radius 2 is 1.86 bits per heavy atom. The van der Waals surface area contributed by atoms with Crippen molar-refractivity contribution in [2.24, 2.45) is 0 Å². The number of aliphatic hydroxyl groups excluding tert-OH is 1. The summed E-state index contributed by atoms with van der Waals surface area (Å²) in [5.41, 5.74) is -0.403. The van der Waals surface area contributed by atoms with Crippen LogP contribution in [0.2, 0.25) is 0 Å². The Kier molecular flexibility index (Phi) is 4.85. The number of amides is 2. The van der Waals surface area contributed by atoms with Crippen molar-refractivity contribution < 1.29 is 23.5 Å². The van der Waals surface area contributed by atoms with Gasteiger partial charge in [-0.05, 0) is 25.0 Å². The van der Waals surface area contributed by atoms with Crippen LogP contribution < -0.4 is 10.6 Å². The molecule has 21 heavy (non-hydrogen) atoms. The largest absolute Gasteiger partial charge is 0.391 e. The lowest BCUT2D eigenvalue weighted by atomic mass is 9.92. The van der Waals surface area contributed by atoms with Crippen LogP contribution in [0, 0.1) is 11.6 Å². The summed E-state index contributed by atoms with van der Waals surface area (Å²) < 4.78 is 26.3. The minimum atomic E-state index is -1.10. The molecule has 3 N–H and O–H groups in total. The van der Waals surface area contributed by atoms with Crippen molar-refractivity contribution in [1.82, 2.24) is 5.32 Å². The van der Waals surface area contributed by atoms with Crippen LogP contribution in [0.3, 0.4) is 0 Å². The predicted molar refractivity (Wildman–Crippen MR) is 71.4 cm³/mol. The SMILES string of the molecule is O=C(Nc1cc(F)ccc1F)C(=O)NC1CCCCC1O. The number of nitrogens with one attached hydrogen (secondary N) is 2. The van der Waals surface area contributed by atoms with Gasteiger partial charge in [0.1, 0.15) is 11.6 Å². The molecular weight excluding hydrogens is 282 g/mol. The molecule has 0 aliphatic heterocycles. The zero-order valence-corrected chi connectivity index (χ0v) is 11.2. The summed E-state index contributed by atoms with van der Waals surface area (Å²) in [5.74, 6) is -3.65. The lowest BCUT2D eigenvalue weighted by molar-refractivity contribution is -0.137. The van der Waals surface area contributed by atoms with Gasteiger partial charge < -0.3 is 15.7 Å². The molecule has 2 rings (SSSR count). The number of benzene rings is 1. The van der Waals surface area contributed by atoms with Gasteiger partial charge in [-0.25, -0.2) is 8.78 Å². The molecule has 0 saturated heterocycles. The molecule has 1 aromatic carbocycles. The summed E-state index contributed by atoms with van der Waals surface area (Å²) in [6.45, 7) is 0. The molecule has 5 nitrogen and oxygen atoms in total. The summed E-state index contributed by atoms with van der Waals surface area (Å²) in [4.78, 5) is 23.4. The standard InChI is InChI=1S/C14H16F2N2O3/c15-8-5-6-9(16)11(7-8)18-14(21)13(20)17-10-3-1-2-4-12(10)19/h5-7,10,12,19H,1-4H2,(H,17,20)(H,18,21). The van der Waals surface area contributed by atoms with E-state index in [0.29, 0.717) is 12.8 Å². The van der Waals surface area contributed by atoms with Crippen LogP contribution in [0.15, 0.2) is 18.2 Å². The Morgan fingerprint density at radius 1 is 1.14 bits per heavy atom. The van der Waals surface area contributed by atoms with Gasteiger partial charge in [0, 0.05) is 6.07 Å². The third kappa shape index (κ3) is 3.98. The lowest BCUT2D eigenvalue weighted by Crippen LogP contribution is -2.48. The molecule has 0 aromatic heterocycles. The topological polar surface area (TPSA) is 78.4 Å². The highest BCUT2D eigenvalue weighted by Crippen LogP contribution is 2.18. The minimum absolute atomic E-state index is 0.403. The molecule has 114 valence electrons. The fourth-order valence-corrected chi connectivity index (χ4v) is 2.29. The third-order valence-electron chi connectivity index (χ3n) is 3.43. The highest BCUT2D eigenvalue weighted by Gasteiger charge is 2.27. The quantitative estimate of drug-likeness (QED) is 0.721. The van der Waals surface area contributed by atoms with E-state index in [1.165, 1.54) is 0 Å². The summed E-state index contributed by atoms with van der Waals surface area (Å²) in [6, 6.07) is 2.06. The van der Waals surface area contributed by atoms with Crippen molar-refractivity contribution in [2.75, 3.05) is 5.32 Å². The van der Waals surface area contributed by atoms with Crippen molar-refractivity contribution in [3.05, 3.63) is 29.8 Å². The minimum Gasteiger partial charge on any atom is -0.391 e. The molecule has 0 radical (unpaired) electrons. The summed E-state index contributed by atoms with van der Waals surface area (Å²) in [7, 11) is 0. The molecule has 2 unspecified atom stereocenters. The number of carbonyl (C=O) groups excluding carboxylic acids is 2. The fourth-order valence-electron chi connectivity index (χ4n) is 2.29. The van der Waals surface area contributed by atoms with E-state index in [4.69, 9.17) is 0 Å². The van der Waals surface area contributed by atoms with Crippen molar-refractivity contribution in [3.63, 3.8) is 0 Å². The first-order valence-electron chi connectivity index (χ1n) is 6.72. The molecular formula is C14H16F2N2O3. The maximum Gasteiger partial charge on any atom is 0.313 e. The molecule has 1 aliphatic carbocycles. The molecule has 1 aromatic rings.